The molecule has 4 nitrogen and oxygen atoms in total. The van der Waals surface area contributed by atoms with Crippen molar-refractivity contribution in [1.29, 1.82) is 0 Å². The van der Waals surface area contributed by atoms with Gasteiger partial charge >= 0.3 is 0 Å². The maximum absolute atomic E-state index is 4.27. The SMILES string of the molecule is CCN(c1ncn(C)n1)C1CC1. The Morgan fingerprint density at radius 1 is 1.67 bits per heavy atom. The predicted octanol–water partition coefficient (Wildman–Crippen LogP) is 0.804. The van der Waals surface area contributed by atoms with Crippen molar-refractivity contribution in [3.05, 3.63) is 6.33 Å². The van der Waals surface area contributed by atoms with Gasteiger partial charge in [-0.3, -0.25) is 4.68 Å². The largest absolute Gasteiger partial charge is 0.337 e. The molecule has 0 bridgehead atoms. The third-order valence-corrected chi connectivity index (χ3v) is 2.17. The summed E-state index contributed by atoms with van der Waals surface area (Å²) in [5, 5.41) is 4.27. The van der Waals surface area contributed by atoms with Gasteiger partial charge in [-0.25, -0.2) is 4.98 Å². The molecule has 1 heterocycles. The van der Waals surface area contributed by atoms with Crippen LogP contribution in [0.2, 0.25) is 0 Å². The Morgan fingerprint density at radius 2 is 2.42 bits per heavy atom. The molecule has 1 aromatic rings. The second kappa shape index (κ2) is 2.77. The minimum atomic E-state index is 0.706. The van der Waals surface area contributed by atoms with E-state index in [2.05, 4.69) is 21.9 Å². The van der Waals surface area contributed by atoms with Crippen molar-refractivity contribution in [2.45, 2.75) is 25.8 Å². The molecule has 1 aromatic heterocycles. The van der Waals surface area contributed by atoms with Crippen LogP contribution in [-0.2, 0) is 7.05 Å². The van der Waals surface area contributed by atoms with Crippen LogP contribution in [0.15, 0.2) is 6.33 Å². The van der Waals surface area contributed by atoms with E-state index in [0.717, 1.165) is 12.5 Å². The predicted molar refractivity (Wildman–Crippen MR) is 47.0 cm³/mol. The summed E-state index contributed by atoms with van der Waals surface area (Å²) in [5.41, 5.74) is 0. The van der Waals surface area contributed by atoms with Gasteiger partial charge in [0.25, 0.3) is 0 Å². The Bertz CT molecular complexity index is 264. The number of rotatable bonds is 3. The van der Waals surface area contributed by atoms with E-state index in [1.165, 1.54) is 12.8 Å². The lowest BCUT2D eigenvalue weighted by molar-refractivity contribution is 0.734. The second-order valence-electron chi connectivity index (χ2n) is 3.24. The van der Waals surface area contributed by atoms with Gasteiger partial charge < -0.3 is 4.90 Å². The Kier molecular flexibility index (Phi) is 1.75. The Morgan fingerprint density at radius 3 is 2.83 bits per heavy atom. The maximum Gasteiger partial charge on any atom is 0.244 e. The quantitative estimate of drug-likeness (QED) is 0.666. The fraction of sp³-hybridized carbons (Fsp3) is 0.750. The highest BCUT2D eigenvalue weighted by Crippen LogP contribution is 2.28. The first-order chi connectivity index (χ1) is 5.81. The van der Waals surface area contributed by atoms with Crippen LogP contribution in [-0.4, -0.2) is 27.4 Å². The summed E-state index contributed by atoms with van der Waals surface area (Å²) < 4.78 is 1.75. The summed E-state index contributed by atoms with van der Waals surface area (Å²) in [7, 11) is 1.90. The van der Waals surface area contributed by atoms with Gasteiger partial charge in [-0.2, -0.15) is 0 Å². The fourth-order valence-corrected chi connectivity index (χ4v) is 1.41. The molecule has 1 aliphatic rings. The molecule has 0 saturated heterocycles. The van der Waals surface area contributed by atoms with Crippen molar-refractivity contribution in [3.8, 4) is 0 Å². The molecule has 2 rings (SSSR count). The van der Waals surface area contributed by atoms with Gasteiger partial charge in [-0.1, -0.05) is 0 Å². The van der Waals surface area contributed by atoms with Gasteiger partial charge in [-0.05, 0) is 19.8 Å². The first kappa shape index (κ1) is 7.58. The lowest BCUT2D eigenvalue weighted by atomic mass is 10.5. The van der Waals surface area contributed by atoms with Gasteiger partial charge in [0.1, 0.15) is 6.33 Å². The third kappa shape index (κ3) is 1.29. The van der Waals surface area contributed by atoms with E-state index in [0.29, 0.717) is 6.04 Å². The maximum atomic E-state index is 4.27. The highest BCUT2D eigenvalue weighted by Gasteiger charge is 2.29. The van der Waals surface area contributed by atoms with E-state index in [-0.39, 0.29) is 0 Å². The van der Waals surface area contributed by atoms with Gasteiger partial charge in [0.05, 0.1) is 0 Å². The second-order valence-corrected chi connectivity index (χ2v) is 3.24. The lowest BCUT2D eigenvalue weighted by Crippen LogP contribution is -2.26. The number of aryl methyl sites for hydroxylation is 1. The van der Waals surface area contributed by atoms with Gasteiger partial charge in [-0.15, -0.1) is 5.10 Å². The van der Waals surface area contributed by atoms with E-state index in [9.17, 15) is 0 Å². The molecule has 0 amide bonds. The molecule has 0 aromatic carbocycles. The molecule has 0 N–H and O–H groups in total. The summed E-state index contributed by atoms with van der Waals surface area (Å²) in [6.45, 7) is 3.16. The molecule has 0 unspecified atom stereocenters. The van der Waals surface area contributed by atoms with Crippen molar-refractivity contribution in [1.82, 2.24) is 14.8 Å². The molecule has 12 heavy (non-hydrogen) atoms. The minimum Gasteiger partial charge on any atom is -0.337 e. The van der Waals surface area contributed by atoms with Crippen LogP contribution in [0.3, 0.4) is 0 Å². The summed E-state index contributed by atoms with van der Waals surface area (Å²) in [6.07, 6.45) is 4.35. The standard InChI is InChI=1S/C8H14N4/c1-3-12(7-4-5-7)8-9-6-11(2)10-8/h6-7H,3-5H2,1-2H3. The highest BCUT2D eigenvalue weighted by molar-refractivity contribution is 5.31. The topological polar surface area (TPSA) is 34.0 Å². The zero-order chi connectivity index (χ0) is 8.55. The monoisotopic (exact) mass is 166 g/mol. The van der Waals surface area contributed by atoms with Crippen molar-refractivity contribution in [2.75, 3.05) is 11.4 Å². The molecule has 0 aliphatic heterocycles. The van der Waals surface area contributed by atoms with E-state index >= 15 is 0 Å². The first-order valence-electron chi connectivity index (χ1n) is 4.43. The van der Waals surface area contributed by atoms with Gasteiger partial charge in [0.2, 0.25) is 5.95 Å². The van der Waals surface area contributed by atoms with Gasteiger partial charge in [0.15, 0.2) is 0 Å². The van der Waals surface area contributed by atoms with Crippen molar-refractivity contribution < 1.29 is 0 Å². The molecule has 1 aliphatic carbocycles. The van der Waals surface area contributed by atoms with Crippen molar-refractivity contribution >= 4 is 5.95 Å². The summed E-state index contributed by atoms with van der Waals surface area (Å²) in [6, 6.07) is 0.706. The van der Waals surface area contributed by atoms with Crippen molar-refractivity contribution in [2.24, 2.45) is 7.05 Å². The summed E-state index contributed by atoms with van der Waals surface area (Å²) in [4.78, 5) is 6.49. The smallest absolute Gasteiger partial charge is 0.244 e. The minimum absolute atomic E-state index is 0.706. The van der Waals surface area contributed by atoms with E-state index in [1.807, 2.05) is 7.05 Å². The van der Waals surface area contributed by atoms with Gasteiger partial charge in [0, 0.05) is 19.6 Å². The number of nitrogens with zero attached hydrogens (tertiary/aromatic N) is 4. The lowest BCUT2D eigenvalue weighted by Gasteiger charge is -2.17. The van der Waals surface area contributed by atoms with Crippen LogP contribution >= 0.6 is 0 Å². The third-order valence-electron chi connectivity index (χ3n) is 2.17. The zero-order valence-corrected chi connectivity index (χ0v) is 7.56. The zero-order valence-electron chi connectivity index (χ0n) is 7.56. The van der Waals surface area contributed by atoms with Crippen molar-refractivity contribution in [3.63, 3.8) is 0 Å². The van der Waals surface area contributed by atoms with E-state index < -0.39 is 0 Å². The van der Waals surface area contributed by atoms with Crippen LogP contribution in [0.25, 0.3) is 0 Å². The molecular weight excluding hydrogens is 152 g/mol. The normalized spacial score (nSPS) is 16.5. The number of anilines is 1. The molecule has 1 saturated carbocycles. The number of hydrogen-bond donors (Lipinski definition) is 0. The number of aromatic nitrogens is 3. The average Bonchev–Trinajstić information content (AvgIpc) is 2.78. The molecule has 0 atom stereocenters. The highest BCUT2D eigenvalue weighted by atomic mass is 15.4. The molecule has 4 heteroatoms. The van der Waals surface area contributed by atoms with Crippen LogP contribution in [0.1, 0.15) is 19.8 Å². The number of hydrogen-bond acceptors (Lipinski definition) is 3. The molecule has 0 spiro atoms. The van der Waals surface area contributed by atoms with Crippen LogP contribution < -0.4 is 4.90 Å². The molecule has 66 valence electrons. The van der Waals surface area contributed by atoms with E-state index in [4.69, 9.17) is 0 Å². The van der Waals surface area contributed by atoms with Crippen LogP contribution in [0.5, 0.6) is 0 Å². The summed E-state index contributed by atoms with van der Waals surface area (Å²) in [5.74, 6) is 0.877. The van der Waals surface area contributed by atoms with Crippen LogP contribution in [0.4, 0.5) is 5.95 Å². The molecule has 1 fully saturated rings. The summed E-state index contributed by atoms with van der Waals surface area (Å²) >= 11 is 0. The Labute approximate surface area is 72.2 Å². The van der Waals surface area contributed by atoms with Crippen LogP contribution in [0, 0.1) is 0 Å². The first-order valence-corrected chi connectivity index (χ1v) is 4.43. The molecule has 0 radical (unpaired) electrons. The fourth-order valence-electron chi connectivity index (χ4n) is 1.41. The Hall–Kier alpha value is -1.06. The Balaban J connectivity index is 2.15. The van der Waals surface area contributed by atoms with E-state index in [1.54, 1.807) is 11.0 Å². The molecular formula is C8H14N4. The average molecular weight is 166 g/mol.